The van der Waals surface area contributed by atoms with E-state index in [1.54, 1.807) is 40.5 Å². The fraction of sp³-hybridized carbons (Fsp3) is 0.458. The molecule has 1 aliphatic heterocycles. The van der Waals surface area contributed by atoms with Gasteiger partial charge in [0.05, 0.1) is 5.92 Å². The van der Waals surface area contributed by atoms with Crippen molar-refractivity contribution in [3.8, 4) is 0 Å². The maximum Gasteiger partial charge on any atom is 0.253 e. The lowest BCUT2D eigenvalue weighted by Crippen LogP contribution is -2.45. The average molecular weight is 440 g/mol. The zero-order valence-electron chi connectivity index (χ0n) is 17.6. The molecule has 2 aromatic rings. The second kappa shape index (κ2) is 10.1. The second-order valence-electron chi connectivity index (χ2n) is 8.44. The first-order valence-electron chi connectivity index (χ1n) is 11.1. The number of piperidine rings is 1. The molecule has 0 spiro atoms. The van der Waals surface area contributed by atoms with E-state index in [1.807, 2.05) is 11.4 Å². The number of nitrogens with one attached hydrogen (secondary N) is 2. The summed E-state index contributed by atoms with van der Waals surface area (Å²) in [5.41, 5.74) is 1.17. The molecule has 2 N–H and O–H groups in total. The number of likely N-dealkylation sites (tertiary alicyclic amines) is 1. The van der Waals surface area contributed by atoms with Crippen molar-refractivity contribution >= 4 is 34.7 Å². The van der Waals surface area contributed by atoms with E-state index in [-0.39, 0.29) is 23.6 Å². The number of hydrogen-bond donors (Lipinski definition) is 2. The van der Waals surface area contributed by atoms with Crippen molar-refractivity contribution in [1.29, 1.82) is 0 Å². The highest BCUT2D eigenvalue weighted by atomic mass is 32.1. The molecule has 1 saturated carbocycles. The van der Waals surface area contributed by atoms with E-state index in [0.29, 0.717) is 36.8 Å². The van der Waals surface area contributed by atoms with Gasteiger partial charge < -0.3 is 15.5 Å². The van der Waals surface area contributed by atoms with Crippen LogP contribution in [0.3, 0.4) is 0 Å². The van der Waals surface area contributed by atoms with E-state index in [9.17, 15) is 14.4 Å². The Hall–Kier alpha value is -2.67. The van der Waals surface area contributed by atoms with Crippen LogP contribution in [0.1, 0.15) is 53.8 Å². The van der Waals surface area contributed by atoms with Crippen LogP contribution in [0.25, 0.3) is 0 Å². The Morgan fingerprint density at radius 2 is 1.97 bits per heavy atom. The number of aryl methyl sites for hydroxylation is 1. The Balaban J connectivity index is 1.29. The maximum atomic E-state index is 13.0. The van der Waals surface area contributed by atoms with Gasteiger partial charge in [-0.25, -0.2) is 0 Å². The number of hydrogen-bond acceptors (Lipinski definition) is 4. The number of benzene rings is 1. The molecule has 1 atom stereocenters. The van der Waals surface area contributed by atoms with Crippen molar-refractivity contribution in [3.63, 3.8) is 0 Å². The normalized spacial score (nSPS) is 18.5. The first-order valence-corrected chi connectivity index (χ1v) is 12.0. The highest BCUT2D eigenvalue weighted by molar-refractivity contribution is 7.09. The first-order chi connectivity index (χ1) is 15.1. The van der Waals surface area contributed by atoms with Crippen molar-refractivity contribution < 1.29 is 14.4 Å². The molecule has 6 nitrogen and oxygen atoms in total. The number of rotatable bonds is 8. The van der Waals surface area contributed by atoms with Gasteiger partial charge in [-0.05, 0) is 68.2 Å². The Labute approximate surface area is 187 Å². The predicted octanol–water partition coefficient (Wildman–Crippen LogP) is 3.84. The minimum Gasteiger partial charge on any atom is -0.353 e. The van der Waals surface area contributed by atoms with Gasteiger partial charge in [0, 0.05) is 41.7 Å². The van der Waals surface area contributed by atoms with Gasteiger partial charge in [0.15, 0.2) is 0 Å². The molecule has 1 aromatic heterocycles. The summed E-state index contributed by atoms with van der Waals surface area (Å²) in [6.45, 7) is 1.11. The molecule has 1 saturated heterocycles. The number of thiophene rings is 1. The van der Waals surface area contributed by atoms with Gasteiger partial charge in [-0.15, -0.1) is 11.3 Å². The summed E-state index contributed by atoms with van der Waals surface area (Å²) < 4.78 is 0. The van der Waals surface area contributed by atoms with E-state index < -0.39 is 0 Å². The molecule has 2 fully saturated rings. The van der Waals surface area contributed by atoms with Crippen molar-refractivity contribution in [1.82, 2.24) is 10.2 Å². The van der Waals surface area contributed by atoms with Crippen LogP contribution in [0.4, 0.5) is 5.69 Å². The van der Waals surface area contributed by atoms with Crippen molar-refractivity contribution in [3.05, 3.63) is 52.2 Å². The molecule has 164 valence electrons. The molecular weight excluding hydrogens is 410 g/mol. The molecule has 1 aliphatic carbocycles. The Bertz CT molecular complexity index is 924. The van der Waals surface area contributed by atoms with E-state index in [2.05, 4.69) is 16.7 Å². The number of anilines is 1. The number of carbonyl (C=O) groups excluding carboxylic acids is 3. The minimum absolute atomic E-state index is 0.0454. The molecule has 2 heterocycles. The van der Waals surface area contributed by atoms with Gasteiger partial charge in [-0.2, -0.15) is 0 Å². The monoisotopic (exact) mass is 439 g/mol. The highest BCUT2D eigenvalue weighted by Crippen LogP contribution is 2.23. The maximum absolute atomic E-state index is 13.0. The third kappa shape index (κ3) is 6.17. The zero-order valence-corrected chi connectivity index (χ0v) is 18.5. The van der Waals surface area contributed by atoms with Gasteiger partial charge in [-0.3, -0.25) is 14.4 Å². The van der Waals surface area contributed by atoms with E-state index in [4.69, 9.17) is 0 Å². The van der Waals surface area contributed by atoms with Crippen molar-refractivity contribution in [2.24, 2.45) is 5.92 Å². The van der Waals surface area contributed by atoms with Crippen LogP contribution in [0, 0.1) is 5.92 Å². The van der Waals surface area contributed by atoms with Crippen LogP contribution in [0.2, 0.25) is 0 Å². The third-order valence-corrected chi connectivity index (χ3v) is 6.74. The summed E-state index contributed by atoms with van der Waals surface area (Å²) in [4.78, 5) is 40.8. The largest absolute Gasteiger partial charge is 0.353 e. The van der Waals surface area contributed by atoms with Gasteiger partial charge in [0.25, 0.3) is 5.91 Å². The summed E-state index contributed by atoms with van der Waals surface area (Å²) in [7, 11) is 0. The van der Waals surface area contributed by atoms with Crippen molar-refractivity contribution in [2.45, 2.75) is 51.0 Å². The number of nitrogens with zero attached hydrogens (tertiary/aromatic N) is 1. The summed E-state index contributed by atoms with van der Waals surface area (Å²) >= 11 is 1.71. The second-order valence-corrected chi connectivity index (χ2v) is 9.47. The van der Waals surface area contributed by atoms with Gasteiger partial charge in [0.2, 0.25) is 11.8 Å². The molecule has 1 aromatic carbocycles. The third-order valence-electron chi connectivity index (χ3n) is 5.80. The summed E-state index contributed by atoms with van der Waals surface area (Å²) in [5.74, 6) is -0.193. The molecule has 0 bridgehead atoms. The zero-order chi connectivity index (χ0) is 21.6. The van der Waals surface area contributed by atoms with E-state index in [0.717, 1.165) is 38.5 Å². The van der Waals surface area contributed by atoms with Gasteiger partial charge in [-0.1, -0.05) is 12.1 Å². The summed E-state index contributed by atoms with van der Waals surface area (Å²) in [6, 6.07) is 11.5. The molecule has 31 heavy (non-hydrogen) atoms. The lowest BCUT2D eigenvalue weighted by molar-refractivity contribution is -0.126. The molecule has 7 heteroatoms. The lowest BCUT2D eigenvalue weighted by atomic mass is 9.96. The average Bonchev–Trinajstić information content (AvgIpc) is 3.44. The van der Waals surface area contributed by atoms with Crippen LogP contribution in [-0.4, -0.2) is 41.8 Å². The standard InChI is InChI=1S/C24H29N3O3S/c28-22(10-2-8-21-9-4-14-31-21)25-20-7-1-5-17(15-20)24(30)27-13-3-6-18(16-27)23(29)26-19-11-12-19/h1,4-5,7,9,14-15,18-19H,2-3,6,8,10-13,16H2,(H,25,28)(H,26,29). The Morgan fingerprint density at radius 1 is 1.10 bits per heavy atom. The fourth-order valence-electron chi connectivity index (χ4n) is 3.94. The summed E-state index contributed by atoms with van der Waals surface area (Å²) in [5, 5.41) is 8.00. The smallest absolute Gasteiger partial charge is 0.253 e. The lowest BCUT2D eigenvalue weighted by Gasteiger charge is -2.32. The predicted molar refractivity (Wildman–Crippen MR) is 122 cm³/mol. The minimum atomic E-state index is -0.135. The quantitative estimate of drug-likeness (QED) is 0.656. The summed E-state index contributed by atoms with van der Waals surface area (Å²) in [6.07, 6.45) is 5.91. The van der Waals surface area contributed by atoms with Crippen LogP contribution in [0.5, 0.6) is 0 Å². The molecule has 0 radical (unpaired) electrons. The van der Waals surface area contributed by atoms with Crippen LogP contribution >= 0.6 is 11.3 Å². The fourth-order valence-corrected chi connectivity index (χ4v) is 4.69. The molecular formula is C24H29N3O3S. The van der Waals surface area contributed by atoms with E-state index >= 15 is 0 Å². The van der Waals surface area contributed by atoms with Crippen LogP contribution in [0.15, 0.2) is 41.8 Å². The topological polar surface area (TPSA) is 78.5 Å². The number of amides is 3. The molecule has 1 unspecified atom stereocenters. The van der Waals surface area contributed by atoms with E-state index in [1.165, 1.54) is 4.88 Å². The first kappa shape index (κ1) is 21.6. The molecule has 4 rings (SSSR count). The van der Waals surface area contributed by atoms with Crippen LogP contribution in [-0.2, 0) is 16.0 Å². The molecule has 3 amide bonds. The highest BCUT2D eigenvalue weighted by Gasteiger charge is 2.32. The Kier molecular flexibility index (Phi) is 7.02. The van der Waals surface area contributed by atoms with Crippen molar-refractivity contribution in [2.75, 3.05) is 18.4 Å². The SMILES string of the molecule is O=C(CCCc1cccs1)Nc1cccc(C(=O)N2CCCC(C(=O)NC3CC3)C2)c1. The molecule has 2 aliphatic rings. The Morgan fingerprint density at radius 3 is 2.74 bits per heavy atom. The number of carbonyl (C=O) groups is 3. The van der Waals surface area contributed by atoms with Crippen LogP contribution < -0.4 is 10.6 Å². The van der Waals surface area contributed by atoms with Gasteiger partial charge in [0.1, 0.15) is 0 Å². The van der Waals surface area contributed by atoms with Gasteiger partial charge >= 0.3 is 0 Å².